The van der Waals surface area contributed by atoms with Crippen LogP contribution in [0.5, 0.6) is 0 Å². The molecule has 0 saturated heterocycles. The van der Waals surface area contributed by atoms with Gasteiger partial charge >= 0.3 is 0 Å². The molecule has 1 unspecified atom stereocenters. The maximum atomic E-state index is 6.13. The molecule has 0 fully saturated rings. The van der Waals surface area contributed by atoms with Crippen molar-refractivity contribution >= 4 is 25.6 Å². The lowest BCUT2D eigenvalue weighted by Gasteiger charge is -2.12. The second kappa shape index (κ2) is 9.73. The van der Waals surface area contributed by atoms with E-state index in [4.69, 9.17) is 11.6 Å². The number of hydrogen-bond donors (Lipinski definition) is 0. The van der Waals surface area contributed by atoms with Gasteiger partial charge in [0.05, 0.1) is 8.80 Å². The number of hydrogen-bond acceptors (Lipinski definition) is 0. The Labute approximate surface area is 113 Å². The lowest BCUT2D eigenvalue weighted by Crippen LogP contribution is -2.31. The Bertz CT molecular complexity index is 274. The molecule has 1 rings (SSSR count). The van der Waals surface area contributed by atoms with Crippen molar-refractivity contribution in [3.63, 3.8) is 0 Å². The van der Waals surface area contributed by atoms with Crippen molar-refractivity contribution in [1.29, 1.82) is 0 Å². The van der Waals surface area contributed by atoms with Gasteiger partial charge in [-0.2, -0.15) is 0 Å². The van der Waals surface area contributed by atoms with Crippen LogP contribution in [0, 0.1) is 0 Å². The lowest BCUT2D eigenvalue weighted by atomic mass is 10.1. The SMILES string of the molecule is CCCCCCCC[SiH](CCl)c1ccccc1. The molecule has 0 saturated carbocycles. The van der Waals surface area contributed by atoms with Crippen molar-refractivity contribution < 1.29 is 0 Å². The van der Waals surface area contributed by atoms with Crippen LogP contribution >= 0.6 is 11.6 Å². The molecule has 2 heteroatoms. The van der Waals surface area contributed by atoms with Crippen molar-refractivity contribution in [2.45, 2.75) is 51.5 Å². The smallest absolute Gasteiger partial charge is 0.0867 e. The summed E-state index contributed by atoms with van der Waals surface area (Å²) in [5, 5.41) is 1.54. The highest BCUT2D eigenvalue weighted by atomic mass is 35.5. The molecule has 0 nitrogen and oxygen atoms in total. The van der Waals surface area contributed by atoms with Crippen LogP contribution in [-0.4, -0.2) is 14.3 Å². The Morgan fingerprint density at radius 3 is 2.24 bits per heavy atom. The summed E-state index contributed by atoms with van der Waals surface area (Å²) in [4.78, 5) is 0. The van der Waals surface area contributed by atoms with E-state index in [0.29, 0.717) is 0 Å². The van der Waals surface area contributed by atoms with Crippen molar-refractivity contribution in [2.75, 3.05) is 5.50 Å². The molecular weight excluding hydrogens is 244 g/mol. The molecule has 0 bridgehead atoms. The van der Waals surface area contributed by atoms with Gasteiger partial charge in [-0.25, -0.2) is 0 Å². The summed E-state index contributed by atoms with van der Waals surface area (Å²) in [6.45, 7) is 2.27. The number of unbranched alkanes of at least 4 members (excludes halogenated alkanes) is 5. The quantitative estimate of drug-likeness (QED) is 0.357. The molecule has 1 atom stereocenters. The minimum absolute atomic E-state index is 0.865. The van der Waals surface area contributed by atoms with E-state index in [0.717, 1.165) is 5.50 Å². The Balaban J connectivity index is 2.20. The third-order valence-corrected chi connectivity index (χ3v) is 7.29. The molecule has 0 aromatic heterocycles. The van der Waals surface area contributed by atoms with Gasteiger partial charge in [0.15, 0.2) is 0 Å². The molecule has 0 N–H and O–H groups in total. The number of halogens is 1. The third kappa shape index (κ3) is 6.28. The Kier molecular flexibility index (Phi) is 8.46. The largest absolute Gasteiger partial charge is 0.130 e. The maximum Gasteiger partial charge on any atom is 0.0867 e. The van der Waals surface area contributed by atoms with Crippen LogP contribution in [0.1, 0.15) is 45.4 Å². The van der Waals surface area contributed by atoms with Crippen LogP contribution in [-0.2, 0) is 0 Å². The van der Waals surface area contributed by atoms with Crippen LogP contribution in [0.4, 0.5) is 0 Å². The van der Waals surface area contributed by atoms with E-state index < -0.39 is 8.80 Å². The highest BCUT2D eigenvalue weighted by Crippen LogP contribution is 2.10. The first-order valence-corrected chi connectivity index (χ1v) is 9.74. The molecule has 1 aromatic rings. The zero-order valence-electron chi connectivity index (χ0n) is 11.0. The van der Waals surface area contributed by atoms with E-state index in [2.05, 4.69) is 37.3 Å². The fourth-order valence-corrected chi connectivity index (χ4v) is 5.44. The molecule has 0 radical (unpaired) electrons. The highest BCUT2D eigenvalue weighted by molar-refractivity contribution is 6.79. The Morgan fingerprint density at radius 1 is 0.941 bits per heavy atom. The summed E-state index contributed by atoms with van der Waals surface area (Å²) in [6.07, 6.45) is 8.33. The Morgan fingerprint density at radius 2 is 1.59 bits per heavy atom. The summed E-state index contributed by atoms with van der Waals surface area (Å²) in [5.41, 5.74) is 0.888. The molecule has 0 aliphatic carbocycles. The van der Waals surface area contributed by atoms with Crippen LogP contribution in [0.3, 0.4) is 0 Å². The third-order valence-electron chi connectivity index (χ3n) is 3.36. The maximum absolute atomic E-state index is 6.13. The molecule has 0 spiro atoms. The minimum atomic E-state index is -0.865. The predicted molar refractivity (Wildman–Crippen MR) is 82.1 cm³/mol. The first-order chi connectivity index (χ1) is 8.38. The molecule has 0 aliphatic rings. The molecule has 96 valence electrons. The van der Waals surface area contributed by atoms with Crippen molar-refractivity contribution in [3.05, 3.63) is 30.3 Å². The second-order valence-electron chi connectivity index (χ2n) is 4.82. The van der Waals surface area contributed by atoms with Crippen molar-refractivity contribution in [2.24, 2.45) is 0 Å². The van der Waals surface area contributed by atoms with E-state index in [1.54, 1.807) is 0 Å². The average molecular weight is 269 g/mol. The zero-order chi connectivity index (χ0) is 12.3. The second-order valence-corrected chi connectivity index (χ2v) is 8.69. The molecular formula is C15H25ClSi. The average Bonchev–Trinajstić information content (AvgIpc) is 2.39. The predicted octanol–water partition coefficient (Wildman–Crippen LogP) is 4.26. The summed E-state index contributed by atoms with van der Waals surface area (Å²) < 4.78 is 0. The molecule has 17 heavy (non-hydrogen) atoms. The van der Waals surface area contributed by atoms with E-state index in [9.17, 15) is 0 Å². The first kappa shape index (κ1) is 14.8. The monoisotopic (exact) mass is 268 g/mol. The zero-order valence-corrected chi connectivity index (χ0v) is 12.9. The van der Waals surface area contributed by atoms with Crippen LogP contribution < -0.4 is 5.19 Å². The van der Waals surface area contributed by atoms with Crippen LogP contribution in [0.2, 0.25) is 6.04 Å². The lowest BCUT2D eigenvalue weighted by molar-refractivity contribution is 0.623. The van der Waals surface area contributed by atoms with Crippen LogP contribution in [0.25, 0.3) is 0 Å². The van der Waals surface area contributed by atoms with Gasteiger partial charge in [0.2, 0.25) is 0 Å². The Hall–Kier alpha value is -0.273. The first-order valence-electron chi connectivity index (χ1n) is 6.99. The number of benzene rings is 1. The normalized spacial score (nSPS) is 12.6. The van der Waals surface area contributed by atoms with Crippen molar-refractivity contribution in [1.82, 2.24) is 0 Å². The van der Waals surface area contributed by atoms with Gasteiger partial charge in [-0.3, -0.25) is 0 Å². The fraction of sp³-hybridized carbons (Fsp3) is 0.600. The van der Waals surface area contributed by atoms with Gasteiger partial charge in [0, 0.05) is 5.50 Å². The van der Waals surface area contributed by atoms with Gasteiger partial charge < -0.3 is 0 Å². The van der Waals surface area contributed by atoms with E-state index in [1.807, 2.05) is 0 Å². The number of rotatable bonds is 9. The minimum Gasteiger partial charge on any atom is -0.130 e. The van der Waals surface area contributed by atoms with E-state index >= 15 is 0 Å². The topological polar surface area (TPSA) is 0 Å². The van der Waals surface area contributed by atoms with Gasteiger partial charge in [-0.1, -0.05) is 87.0 Å². The summed E-state index contributed by atoms with van der Waals surface area (Å²) >= 11 is 6.13. The van der Waals surface area contributed by atoms with Crippen molar-refractivity contribution in [3.8, 4) is 0 Å². The fourth-order valence-electron chi connectivity index (χ4n) is 2.23. The van der Waals surface area contributed by atoms with Gasteiger partial charge in [-0.05, 0) is 0 Å². The molecule has 0 heterocycles. The van der Waals surface area contributed by atoms with Gasteiger partial charge in [-0.15, -0.1) is 11.6 Å². The van der Waals surface area contributed by atoms with Crippen LogP contribution in [0.15, 0.2) is 30.3 Å². The summed E-state index contributed by atoms with van der Waals surface area (Å²) in [6, 6.07) is 12.3. The molecule has 0 amide bonds. The summed E-state index contributed by atoms with van der Waals surface area (Å²) in [7, 11) is -0.865. The van der Waals surface area contributed by atoms with E-state index in [1.165, 1.54) is 49.8 Å². The standard InChI is InChI=1S/C15H25ClSi/c1-2-3-4-5-6-10-13-17(14-16)15-11-8-7-9-12-15/h7-9,11-12,17H,2-6,10,13-14H2,1H3. The highest BCUT2D eigenvalue weighted by Gasteiger charge is 2.11. The summed E-state index contributed by atoms with van der Waals surface area (Å²) in [5.74, 6) is 0. The number of alkyl halides is 1. The van der Waals surface area contributed by atoms with Gasteiger partial charge in [0.1, 0.15) is 0 Å². The molecule has 0 aliphatic heterocycles. The molecule has 1 aromatic carbocycles. The van der Waals surface area contributed by atoms with E-state index in [-0.39, 0.29) is 0 Å². The van der Waals surface area contributed by atoms with Gasteiger partial charge in [0.25, 0.3) is 0 Å².